The molecule has 0 bridgehead atoms. The summed E-state index contributed by atoms with van der Waals surface area (Å²) < 4.78 is 1.93. The maximum Gasteiger partial charge on any atom is 0.274 e. The molecule has 28 heavy (non-hydrogen) atoms. The molecule has 1 amide bonds. The van der Waals surface area contributed by atoms with Crippen molar-refractivity contribution in [3.05, 3.63) is 52.3 Å². The minimum Gasteiger partial charge on any atom is -0.333 e. The van der Waals surface area contributed by atoms with E-state index in [4.69, 9.17) is 0 Å². The van der Waals surface area contributed by atoms with Crippen LogP contribution in [0.2, 0.25) is 0 Å². The van der Waals surface area contributed by atoms with Gasteiger partial charge in [0.25, 0.3) is 5.91 Å². The first-order valence-corrected chi connectivity index (χ1v) is 11.7. The molecule has 0 fully saturated rings. The van der Waals surface area contributed by atoms with E-state index in [-0.39, 0.29) is 5.91 Å². The first-order valence-electron chi connectivity index (χ1n) is 10.3. The smallest absolute Gasteiger partial charge is 0.274 e. The molecule has 0 radical (unpaired) electrons. The van der Waals surface area contributed by atoms with Crippen LogP contribution in [0.3, 0.4) is 0 Å². The fourth-order valence-electron chi connectivity index (χ4n) is 4.48. The van der Waals surface area contributed by atoms with Gasteiger partial charge in [0.05, 0.1) is 0 Å². The van der Waals surface area contributed by atoms with Gasteiger partial charge >= 0.3 is 0 Å². The lowest BCUT2D eigenvalue weighted by Gasteiger charge is -2.29. The minimum absolute atomic E-state index is 0.0920. The number of thioether (sulfide) groups is 1. The highest BCUT2D eigenvalue weighted by molar-refractivity contribution is 7.98. The van der Waals surface area contributed by atoms with Crippen molar-refractivity contribution in [2.45, 2.75) is 44.7 Å². The molecular formula is C22H30N4OS. The van der Waals surface area contributed by atoms with Crippen LogP contribution in [0.25, 0.3) is 0 Å². The predicted molar refractivity (Wildman–Crippen MR) is 115 cm³/mol. The van der Waals surface area contributed by atoms with Crippen molar-refractivity contribution in [1.29, 1.82) is 0 Å². The van der Waals surface area contributed by atoms with Crippen LogP contribution in [0.1, 0.15) is 45.7 Å². The van der Waals surface area contributed by atoms with Crippen LogP contribution in [0.5, 0.6) is 0 Å². The molecule has 1 aliphatic carbocycles. The van der Waals surface area contributed by atoms with Gasteiger partial charge in [-0.15, -0.1) is 0 Å². The van der Waals surface area contributed by atoms with Gasteiger partial charge in [-0.2, -0.15) is 16.9 Å². The third kappa shape index (κ3) is 3.98. The van der Waals surface area contributed by atoms with Crippen molar-refractivity contribution in [3.8, 4) is 0 Å². The van der Waals surface area contributed by atoms with E-state index in [2.05, 4.69) is 40.9 Å². The number of carbonyl (C=O) groups is 1. The van der Waals surface area contributed by atoms with E-state index in [1.807, 2.05) is 28.4 Å². The van der Waals surface area contributed by atoms with Crippen LogP contribution in [0.4, 0.5) is 0 Å². The number of nitrogens with one attached hydrogen (secondary N) is 1. The van der Waals surface area contributed by atoms with Gasteiger partial charge < -0.3 is 10.2 Å². The number of hydrogen-bond donors (Lipinski definition) is 1. The maximum atomic E-state index is 13.3. The molecule has 1 aromatic heterocycles. The van der Waals surface area contributed by atoms with Crippen molar-refractivity contribution in [3.63, 3.8) is 0 Å². The predicted octanol–water partition coefficient (Wildman–Crippen LogP) is 2.82. The molecule has 5 nitrogen and oxygen atoms in total. The average Bonchev–Trinajstić information content (AvgIpc) is 3.06. The number of aryl methyl sites for hydroxylation is 1. The molecule has 2 aromatic rings. The van der Waals surface area contributed by atoms with Gasteiger partial charge in [-0.1, -0.05) is 24.3 Å². The van der Waals surface area contributed by atoms with Gasteiger partial charge in [-0.3, -0.25) is 9.48 Å². The van der Waals surface area contributed by atoms with E-state index >= 15 is 0 Å². The van der Waals surface area contributed by atoms with Crippen molar-refractivity contribution in [2.75, 3.05) is 25.1 Å². The maximum absolute atomic E-state index is 13.3. The number of nitrogens with zero attached hydrogens (tertiary/aromatic N) is 3. The first kappa shape index (κ1) is 19.5. The normalized spacial score (nSPS) is 18.6. The van der Waals surface area contributed by atoms with Crippen molar-refractivity contribution in [1.82, 2.24) is 20.0 Å². The van der Waals surface area contributed by atoms with Crippen molar-refractivity contribution >= 4 is 17.7 Å². The molecule has 1 N–H and O–H groups in total. The van der Waals surface area contributed by atoms with Crippen LogP contribution in [-0.4, -0.2) is 51.7 Å². The standard InChI is InChI=1S/C22H30N4OS/c1-25-20-9-8-18(23-11-5-13-28-2)14-19(20)21(24-25)22(27)26-12-10-16-6-3-4-7-17(16)15-26/h3-4,6-7,18,23H,5,8-15H2,1-2H3. The van der Waals surface area contributed by atoms with Gasteiger partial charge in [0.1, 0.15) is 0 Å². The summed E-state index contributed by atoms with van der Waals surface area (Å²) in [6, 6.07) is 8.90. The summed E-state index contributed by atoms with van der Waals surface area (Å²) in [6.45, 7) is 2.52. The molecule has 150 valence electrons. The Morgan fingerprint density at radius 1 is 1.29 bits per heavy atom. The molecule has 4 rings (SSSR count). The fraction of sp³-hybridized carbons (Fsp3) is 0.545. The van der Waals surface area contributed by atoms with Crippen molar-refractivity contribution in [2.24, 2.45) is 7.05 Å². The van der Waals surface area contributed by atoms with Gasteiger partial charge in [0.15, 0.2) is 5.69 Å². The lowest BCUT2D eigenvalue weighted by Crippen LogP contribution is -2.38. The second kappa shape index (κ2) is 8.70. The average molecular weight is 399 g/mol. The van der Waals surface area contributed by atoms with E-state index in [0.29, 0.717) is 18.3 Å². The Morgan fingerprint density at radius 2 is 2.11 bits per heavy atom. The topological polar surface area (TPSA) is 50.2 Å². The minimum atomic E-state index is 0.0920. The molecule has 1 aliphatic heterocycles. The van der Waals surface area contributed by atoms with E-state index in [1.165, 1.54) is 34.6 Å². The monoisotopic (exact) mass is 398 g/mol. The summed E-state index contributed by atoms with van der Waals surface area (Å²) in [6.07, 6.45) is 7.30. The molecule has 2 aliphatic rings. The lowest BCUT2D eigenvalue weighted by molar-refractivity contribution is 0.0726. The lowest BCUT2D eigenvalue weighted by atomic mass is 9.90. The van der Waals surface area contributed by atoms with Gasteiger partial charge in [0.2, 0.25) is 0 Å². The number of amides is 1. The number of fused-ring (bicyclic) bond motifs is 2. The van der Waals surface area contributed by atoms with Crippen molar-refractivity contribution < 1.29 is 4.79 Å². The second-order valence-electron chi connectivity index (χ2n) is 7.88. The molecular weight excluding hydrogens is 368 g/mol. The molecule has 1 unspecified atom stereocenters. The first-order chi connectivity index (χ1) is 13.7. The zero-order chi connectivity index (χ0) is 19.5. The van der Waals surface area contributed by atoms with E-state index in [9.17, 15) is 4.79 Å². The second-order valence-corrected chi connectivity index (χ2v) is 8.87. The summed E-state index contributed by atoms with van der Waals surface area (Å²) in [5.41, 5.74) is 5.71. The number of aromatic nitrogens is 2. The molecule has 2 heterocycles. The largest absolute Gasteiger partial charge is 0.333 e. The highest BCUT2D eigenvalue weighted by Gasteiger charge is 2.31. The highest BCUT2D eigenvalue weighted by atomic mass is 32.2. The molecule has 0 saturated heterocycles. The third-order valence-electron chi connectivity index (χ3n) is 6.03. The SMILES string of the molecule is CSCCCNC1CCc2c(c(C(=O)N3CCc4ccccc4C3)nn2C)C1. The highest BCUT2D eigenvalue weighted by Crippen LogP contribution is 2.27. The van der Waals surface area contributed by atoms with Gasteiger partial charge in [0, 0.05) is 37.4 Å². The molecule has 0 spiro atoms. The van der Waals surface area contributed by atoms with Gasteiger partial charge in [-0.25, -0.2) is 0 Å². The summed E-state index contributed by atoms with van der Waals surface area (Å²) in [5.74, 6) is 1.28. The summed E-state index contributed by atoms with van der Waals surface area (Å²) in [5, 5.41) is 8.35. The fourth-order valence-corrected chi connectivity index (χ4v) is 4.91. The summed E-state index contributed by atoms with van der Waals surface area (Å²) in [4.78, 5) is 15.3. The van der Waals surface area contributed by atoms with Crippen LogP contribution in [0.15, 0.2) is 24.3 Å². The van der Waals surface area contributed by atoms with Crippen LogP contribution in [-0.2, 0) is 32.9 Å². The van der Waals surface area contributed by atoms with Gasteiger partial charge in [-0.05, 0) is 61.8 Å². The summed E-state index contributed by atoms with van der Waals surface area (Å²) in [7, 11) is 1.98. The number of rotatable bonds is 6. The number of carbonyl (C=O) groups excluding carboxylic acids is 1. The van der Waals surface area contributed by atoms with E-state index in [1.54, 1.807) is 0 Å². The van der Waals surface area contributed by atoms with Crippen LogP contribution < -0.4 is 5.32 Å². The van der Waals surface area contributed by atoms with Crippen LogP contribution in [0, 0.1) is 0 Å². The number of hydrogen-bond acceptors (Lipinski definition) is 4. The van der Waals surface area contributed by atoms with E-state index < -0.39 is 0 Å². The number of benzene rings is 1. The molecule has 1 aromatic carbocycles. The van der Waals surface area contributed by atoms with E-state index in [0.717, 1.165) is 38.8 Å². The molecule has 1 atom stereocenters. The molecule has 0 saturated carbocycles. The Kier molecular flexibility index (Phi) is 6.07. The van der Waals surface area contributed by atoms with Crippen LogP contribution >= 0.6 is 11.8 Å². The Labute approximate surface area is 171 Å². The summed E-state index contributed by atoms with van der Waals surface area (Å²) >= 11 is 1.89. The Balaban J connectivity index is 1.48. The Bertz CT molecular complexity index is 847. The molecule has 6 heteroatoms. The Hall–Kier alpha value is -1.79. The zero-order valence-corrected chi connectivity index (χ0v) is 17.7. The quantitative estimate of drug-likeness (QED) is 0.761. The third-order valence-corrected chi connectivity index (χ3v) is 6.73. The Morgan fingerprint density at radius 3 is 2.93 bits per heavy atom. The zero-order valence-electron chi connectivity index (χ0n) is 16.9.